The van der Waals surface area contributed by atoms with E-state index in [4.69, 9.17) is 0 Å². The molecule has 3 rings (SSSR count). The molecule has 0 nitrogen and oxygen atoms in total. The van der Waals surface area contributed by atoms with Gasteiger partial charge in [0.05, 0.1) is 0 Å². The summed E-state index contributed by atoms with van der Waals surface area (Å²) in [7, 11) is 0. The summed E-state index contributed by atoms with van der Waals surface area (Å²) in [4.78, 5) is 0. The van der Waals surface area contributed by atoms with Crippen LogP contribution in [-0.4, -0.2) is 0 Å². The first-order chi connectivity index (χ1) is 8.89. The number of rotatable bonds is 1. The van der Waals surface area contributed by atoms with Gasteiger partial charge in [-0.3, -0.25) is 0 Å². The lowest BCUT2D eigenvalue weighted by Gasteiger charge is -2.35. The minimum atomic E-state index is 0.357. The van der Waals surface area contributed by atoms with E-state index in [-0.39, 0.29) is 0 Å². The fraction of sp³-hybridized carbons (Fsp3) is 0.789. The Morgan fingerprint density at radius 2 is 1.79 bits per heavy atom. The first-order valence-corrected chi connectivity index (χ1v) is 8.33. The van der Waals surface area contributed by atoms with Crippen molar-refractivity contribution in [1.82, 2.24) is 0 Å². The van der Waals surface area contributed by atoms with Crippen LogP contribution in [0, 0.1) is 29.1 Å². The summed E-state index contributed by atoms with van der Waals surface area (Å²) in [5.41, 5.74) is 5.67. The van der Waals surface area contributed by atoms with Crippen molar-refractivity contribution in [1.29, 1.82) is 0 Å². The number of fused-ring (bicyclic) bond motifs is 2. The molecule has 1 saturated carbocycles. The predicted molar refractivity (Wildman–Crippen MR) is 83.0 cm³/mol. The highest BCUT2D eigenvalue weighted by molar-refractivity contribution is 5.48. The predicted octanol–water partition coefficient (Wildman–Crippen LogP) is 5.75. The van der Waals surface area contributed by atoms with Crippen molar-refractivity contribution in [2.75, 3.05) is 0 Å². The maximum atomic E-state index is 2.61. The third-order valence-corrected chi connectivity index (χ3v) is 5.85. The largest absolute Gasteiger partial charge is 0.0622 e. The van der Waals surface area contributed by atoms with Gasteiger partial charge in [-0.25, -0.2) is 0 Å². The molecular weight excluding hydrogens is 228 g/mol. The third-order valence-electron chi connectivity index (χ3n) is 5.85. The van der Waals surface area contributed by atoms with Crippen molar-refractivity contribution >= 4 is 0 Å². The van der Waals surface area contributed by atoms with E-state index in [1.54, 1.807) is 11.1 Å². The van der Waals surface area contributed by atoms with Gasteiger partial charge in [0, 0.05) is 0 Å². The van der Waals surface area contributed by atoms with Crippen LogP contribution < -0.4 is 0 Å². The molecule has 3 aliphatic carbocycles. The molecule has 0 aromatic carbocycles. The fourth-order valence-corrected chi connectivity index (χ4v) is 4.88. The normalized spacial score (nSPS) is 34.6. The molecule has 0 radical (unpaired) electrons. The van der Waals surface area contributed by atoms with Crippen LogP contribution in [0.3, 0.4) is 0 Å². The van der Waals surface area contributed by atoms with E-state index in [1.165, 1.54) is 32.1 Å². The van der Waals surface area contributed by atoms with Crippen molar-refractivity contribution in [3.8, 4) is 0 Å². The Labute approximate surface area is 119 Å². The van der Waals surface area contributed by atoms with Gasteiger partial charge in [-0.2, -0.15) is 0 Å². The molecule has 3 atom stereocenters. The lowest BCUT2D eigenvalue weighted by molar-refractivity contribution is 0.200. The summed E-state index contributed by atoms with van der Waals surface area (Å²) in [5.74, 6) is 3.59. The lowest BCUT2D eigenvalue weighted by Crippen LogP contribution is -2.26. The molecule has 3 aliphatic rings. The summed E-state index contributed by atoms with van der Waals surface area (Å²) in [5, 5.41) is 0. The van der Waals surface area contributed by atoms with Gasteiger partial charge in [0.2, 0.25) is 0 Å². The maximum absolute atomic E-state index is 2.61. The smallest absolute Gasteiger partial charge is 0.00911 e. The molecule has 0 amide bonds. The Morgan fingerprint density at radius 1 is 1.11 bits per heavy atom. The molecule has 0 spiro atoms. The zero-order valence-corrected chi connectivity index (χ0v) is 13.4. The highest BCUT2D eigenvalue weighted by atomic mass is 14.5. The standard InChI is InChI=1S/C19H30/c1-12(2)18-15-9-7-6-8-14(15)16-10-13(11-17(16)18)19(3,4)5/h11-12,14-15,18H,6-10H2,1-5H3. The fourth-order valence-electron chi connectivity index (χ4n) is 4.88. The van der Waals surface area contributed by atoms with Crippen molar-refractivity contribution in [3.63, 3.8) is 0 Å². The van der Waals surface area contributed by atoms with E-state index >= 15 is 0 Å². The molecule has 0 aromatic heterocycles. The van der Waals surface area contributed by atoms with Crippen molar-refractivity contribution in [2.45, 2.75) is 66.7 Å². The molecule has 0 aliphatic heterocycles. The van der Waals surface area contributed by atoms with Gasteiger partial charge in [-0.05, 0) is 53.9 Å². The van der Waals surface area contributed by atoms with E-state index in [0.29, 0.717) is 5.41 Å². The van der Waals surface area contributed by atoms with E-state index < -0.39 is 0 Å². The first-order valence-electron chi connectivity index (χ1n) is 8.33. The van der Waals surface area contributed by atoms with Crippen LogP contribution in [0.5, 0.6) is 0 Å². The summed E-state index contributed by atoms with van der Waals surface area (Å²) in [6.45, 7) is 12.0. The molecule has 0 saturated heterocycles. The molecule has 3 unspecified atom stereocenters. The number of hydrogen-bond donors (Lipinski definition) is 0. The molecule has 106 valence electrons. The van der Waals surface area contributed by atoms with E-state index in [9.17, 15) is 0 Å². The van der Waals surface area contributed by atoms with Gasteiger partial charge < -0.3 is 0 Å². The van der Waals surface area contributed by atoms with Gasteiger partial charge in [-0.15, -0.1) is 0 Å². The molecule has 0 bridgehead atoms. The zero-order valence-electron chi connectivity index (χ0n) is 13.4. The SMILES string of the molecule is CC(C)C1C2=C(CC(C(C)(C)C)=C2)C2CCCCC21. The first kappa shape index (κ1) is 13.5. The van der Waals surface area contributed by atoms with Gasteiger partial charge in [0.25, 0.3) is 0 Å². The second kappa shape index (κ2) is 4.50. The molecule has 1 fully saturated rings. The summed E-state index contributed by atoms with van der Waals surface area (Å²) < 4.78 is 0. The van der Waals surface area contributed by atoms with E-state index in [1.807, 2.05) is 5.57 Å². The number of allylic oxidation sites excluding steroid dienone is 4. The second-order valence-corrected chi connectivity index (χ2v) is 8.40. The second-order valence-electron chi connectivity index (χ2n) is 8.40. The van der Waals surface area contributed by atoms with Gasteiger partial charge in [0.15, 0.2) is 0 Å². The maximum Gasteiger partial charge on any atom is -0.00911 e. The van der Waals surface area contributed by atoms with Crippen LogP contribution in [0.2, 0.25) is 0 Å². The number of hydrogen-bond acceptors (Lipinski definition) is 0. The van der Waals surface area contributed by atoms with Crippen LogP contribution >= 0.6 is 0 Å². The Hall–Kier alpha value is -0.520. The van der Waals surface area contributed by atoms with Crippen molar-refractivity contribution < 1.29 is 0 Å². The van der Waals surface area contributed by atoms with Gasteiger partial charge in [-0.1, -0.05) is 64.7 Å². The molecule has 0 heteroatoms. The Balaban J connectivity index is 1.94. The summed E-state index contributed by atoms with van der Waals surface area (Å²) in [6, 6.07) is 0. The molecule has 19 heavy (non-hydrogen) atoms. The van der Waals surface area contributed by atoms with Gasteiger partial charge >= 0.3 is 0 Å². The summed E-state index contributed by atoms with van der Waals surface area (Å²) in [6.07, 6.45) is 9.80. The van der Waals surface area contributed by atoms with Gasteiger partial charge in [0.1, 0.15) is 0 Å². The van der Waals surface area contributed by atoms with Crippen LogP contribution in [0.15, 0.2) is 22.8 Å². The average molecular weight is 258 g/mol. The van der Waals surface area contributed by atoms with E-state index in [2.05, 4.69) is 40.7 Å². The minimum Gasteiger partial charge on any atom is -0.0622 e. The van der Waals surface area contributed by atoms with Crippen LogP contribution in [0.1, 0.15) is 66.7 Å². The summed E-state index contributed by atoms with van der Waals surface area (Å²) >= 11 is 0. The molecule has 0 heterocycles. The van der Waals surface area contributed by atoms with Crippen molar-refractivity contribution in [2.24, 2.45) is 29.1 Å². The van der Waals surface area contributed by atoms with E-state index in [0.717, 1.165) is 23.7 Å². The minimum absolute atomic E-state index is 0.357. The molecular formula is C19H30. The lowest BCUT2D eigenvalue weighted by atomic mass is 9.70. The van der Waals surface area contributed by atoms with Crippen LogP contribution in [-0.2, 0) is 0 Å². The van der Waals surface area contributed by atoms with Crippen molar-refractivity contribution in [3.05, 3.63) is 22.8 Å². The van der Waals surface area contributed by atoms with Crippen LogP contribution in [0.25, 0.3) is 0 Å². The highest BCUT2D eigenvalue weighted by Gasteiger charge is 2.46. The third kappa shape index (κ3) is 2.12. The quantitative estimate of drug-likeness (QED) is 0.561. The topological polar surface area (TPSA) is 0 Å². The van der Waals surface area contributed by atoms with Crippen LogP contribution in [0.4, 0.5) is 0 Å². The Bertz CT molecular complexity index is 427. The Morgan fingerprint density at radius 3 is 2.42 bits per heavy atom. The highest BCUT2D eigenvalue weighted by Crippen LogP contribution is 2.57. The Kier molecular flexibility index (Phi) is 3.19. The monoisotopic (exact) mass is 258 g/mol. The zero-order chi connectivity index (χ0) is 13.8. The molecule has 0 aromatic rings. The molecule has 0 N–H and O–H groups in total. The average Bonchev–Trinajstić information content (AvgIpc) is 2.83.